The van der Waals surface area contributed by atoms with E-state index >= 15 is 0 Å². The van der Waals surface area contributed by atoms with Gasteiger partial charge in [0.1, 0.15) is 5.54 Å². The maximum absolute atomic E-state index is 12.2. The van der Waals surface area contributed by atoms with Gasteiger partial charge in [0.15, 0.2) is 0 Å². The van der Waals surface area contributed by atoms with Crippen LogP contribution in [0.25, 0.3) is 11.1 Å². The molecule has 0 bridgehead atoms. The Morgan fingerprint density at radius 2 is 1.24 bits per heavy atom. The van der Waals surface area contributed by atoms with Crippen molar-refractivity contribution in [3.63, 3.8) is 0 Å². The van der Waals surface area contributed by atoms with Crippen LogP contribution in [0.15, 0.2) is 128 Å². The summed E-state index contributed by atoms with van der Waals surface area (Å²) in [7, 11) is 0. The summed E-state index contributed by atoms with van der Waals surface area (Å²) >= 11 is 3.41. The number of hydrogen-bond acceptors (Lipinski definition) is 2. The highest BCUT2D eigenvalue weighted by molar-refractivity contribution is 9.09. The highest BCUT2D eigenvalue weighted by Gasteiger charge is 2.39. The molecule has 1 heterocycles. The smallest absolute Gasteiger partial charge is 0.224 e. The van der Waals surface area contributed by atoms with Gasteiger partial charge in [0, 0.05) is 29.2 Å². The summed E-state index contributed by atoms with van der Waals surface area (Å²) in [6.07, 6.45) is 6.42. The zero-order valence-corrected chi connectivity index (χ0v) is 22.7. The summed E-state index contributed by atoms with van der Waals surface area (Å²) in [6, 6.07) is 39.5. The van der Waals surface area contributed by atoms with Crippen LogP contribution < -0.4 is 5.32 Å². The van der Waals surface area contributed by atoms with Gasteiger partial charge in [-0.3, -0.25) is 9.48 Å². The fourth-order valence-electron chi connectivity index (χ4n) is 4.94. The van der Waals surface area contributed by atoms with Gasteiger partial charge in [0.05, 0.1) is 6.20 Å². The van der Waals surface area contributed by atoms with E-state index in [0.29, 0.717) is 6.42 Å². The number of nitrogens with zero attached hydrogens (tertiary/aromatic N) is 2. The molecule has 0 fully saturated rings. The van der Waals surface area contributed by atoms with Crippen LogP contribution in [0.4, 0.5) is 5.69 Å². The minimum Gasteiger partial charge on any atom is -0.326 e. The molecule has 38 heavy (non-hydrogen) atoms. The molecule has 0 saturated heterocycles. The minimum absolute atomic E-state index is 0.0462. The predicted molar refractivity (Wildman–Crippen MR) is 159 cm³/mol. The number of benzene rings is 4. The number of aromatic nitrogens is 2. The van der Waals surface area contributed by atoms with Gasteiger partial charge >= 0.3 is 0 Å². The summed E-state index contributed by atoms with van der Waals surface area (Å²) in [6.45, 7) is 0. The fourth-order valence-corrected chi connectivity index (χ4v) is 5.34. The van der Waals surface area contributed by atoms with Crippen LogP contribution in [-0.2, 0) is 10.3 Å². The van der Waals surface area contributed by atoms with Crippen molar-refractivity contribution in [2.45, 2.75) is 24.8 Å². The Labute approximate surface area is 232 Å². The van der Waals surface area contributed by atoms with Crippen molar-refractivity contribution in [1.29, 1.82) is 0 Å². The van der Waals surface area contributed by atoms with Gasteiger partial charge in [0.25, 0.3) is 0 Å². The number of carbonyl (C=O) groups excluding carboxylic acids is 1. The lowest BCUT2D eigenvalue weighted by molar-refractivity contribution is -0.116. The first kappa shape index (κ1) is 25.7. The third kappa shape index (κ3) is 5.34. The number of carbonyl (C=O) groups is 1. The maximum Gasteiger partial charge on any atom is 0.224 e. The molecule has 0 saturated carbocycles. The van der Waals surface area contributed by atoms with Gasteiger partial charge < -0.3 is 5.32 Å². The fraction of sp³-hybridized carbons (Fsp3) is 0.152. The molecule has 0 atom stereocenters. The molecule has 4 nitrogen and oxygen atoms in total. The largest absolute Gasteiger partial charge is 0.326 e. The van der Waals surface area contributed by atoms with Crippen molar-refractivity contribution in [3.05, 3.63) is 144 Å². The Kier molecular flexibility index (Phi) is 8.15. The van der Waals surface area contributed by atoms with Crippen molar-refractivity contribution in [3.8, 4) is 11.1 Å². The van der Waals surface area contributed by atoms with Gasteiger partial charge in [-0.05, 0) is 47.2 Å². The number of rotatable bonds is 10. The molecule has 1 amide bonds. The highest BCUT2D eigenvalue weighted by Crippen LogP contribution is 2.41. The van der Waals surface area contributed by atoms with E-state index in [1.54, 1.807) is 0 Å². The molecule has 0 spiro atoms. The van der Waals surface area contributed by atoms with Crippen molar-refractivity contribution in [2.24, 2.45) is 0 Å². The lowest BCUT2D eigenvalue weighted by atomic mass is 9.77. The van der Waals surface area contributed by atoms with Crippen LogP contribution >= 0.6 is 15.9 Å². The molecule has 0 aliphatic heterocycles. The molecule has 5 aromatic rings. The Morgan fingerprint density at radius 1 is 0.711 bits per heavy atom. The number of halogens is 1. The second-order valence-electron chi connectivity index (χ2n) is 9.25. The summed E-state index contributed by atoms with van der Waals surface area (Å²) in [5, 5.41) is 8.87. The molecular formula is C33H30BrN3O. The highest BCUT2D eigenvalue weighted by atomic mass is 79.9. The van der Waals surface area contributed by atoms with E-state index in [1.807, 2.05) is 48.7 Å². The normalized spacial score (nSPS) is 11.3. The van der Waals surface area contributed by atoms with Crippen molar-refractivity contribution in [1.82, 2.24) is 9.78 Å². The van der Waals surface area contributed by atoms with Gasteiger partial charge in [-0.2, -0.15) is 5.10 Å². The van der Waals surface area contributed by atoms with Gasteiger partial charge in [-0.15, -0.1) is 0 Å². The van der Waals surface area contributed by atoms with E-state index in [2.05, 4.69) is 105 Å². The zero-order valence-electron chi connectivity index (χ0n) is 21.1. The Bertz CT molecular complexity index is 1350. The number of unbranched alkanes of at least 4 members (excludes halogenated alkanes) is 1. The van der Waals surface area contributed by atoms with E-state index in [9.17, 15) is 4.79 Å². The lowest BCUT2D eigenvalue weighted by Crippen LogP contribution is -2.38. The first-order chi connectivity index (χ1) is 18.7. The second-order valence-corrected chi connectivity index (χ2v) is 10.0. The molecule has 5 heteroatoms. The molecular weight excluding hydrogens is 534 g/mol. The summed E-state index contributed by atoms with van der Waals surface area (Å²) < 4.78 is 2.07. The van der Waals surface area contributed by atoms with E-state index in [1.165, 1.54) is 0 Å². The number of hydrogen-bond donors (Lipinski definition) is 1. The number of anilines is 1. The standard InChI is InChI=1S/C33H30BrN3O/c34-23-11-10-18-32(38)36-31-21-19-26(20-22-31)27-24-35-37(25-27)33(28-12-4-1-5-13-28,29-14-6-2-7-15-29)30-16-8-3-9-17-30/h1-9,12-17,19-22,24-25H,10-11,18,23H2,(H,36,38). The molecule has 0 radical (unpaired) electrons. The molecule has 5 rings (SSSR count). The van der Waals surface area contributed by atoms with Crippen molar-refractivity contribution >= 4 is 27.5 Å². The van der Waals surface area contributed by atoms with E-state index < -0.39 is 5.54 Å². The van der Waals surface area contributed by atoms with Gasteiger partial charge in [-0.25, -0.2) is 0 Å². The van der Waals surface area contributed by atoms with Crippen LogP contribution in [-0.4, -0.2) is 21.0 Å². The quantitative estimate of drug-likeness (QED) is 0.107. The Morgan fingerprint density at radius 3 is 1.74 bits per heavy atom. The van der Waals surface area contributed by atoms with Crippen molar-refractivity contribution in [2.75, 3.05) is 10.6 Å². The number of nitrogens with one attached hydrogen (secondary N) is 1. The molecule has 190 valence electrons. The first-order valence-corrected chi connectivity index (χ1v) is 14.0. The third-order valence-electron chi connectivity index (χ3n) is 6.79. The molecule has 0 aliphatic carbocycles. The molecule has 0 aliphatic rings. The average Bonchev–Trinajstić information content (AvgIpc) is 3.46. The van der Waals surface area contributed by atoms with E-state index in [-0.39, 0.29) is 5.91 Å². The first-order valence-electron chi connectivity index (χ1n) is 12.9. The van der Waals surface area contributed by atoms with Crippen LogP contribution in [0, 0.1) is 0 Å². The summed E-state index contributed by atoms with van der Waals surface area (Å²) in [5.74, 6) is 0.0462. The van der Waals surface area contributed by atoms with E-state index in [0.717, 1.165) is 51.7 Å². The molecule has 4 aromatic carbocycles. The van der Waals surface area contributed by atoms with Crippen LogP contribution in [0.1, 0.15) is 36.0 Å². The van der Waals surface area contributed by atoms with Gasteiger partial charge in [-0.1, -0.05) is 119 Å². The average molecular weight is 565 g/mol. The second kappa shape index (κ2) is 12.1. The molecule has 1 aromatic heterocycles. The van der Waals surface area contributed by atoms with E-state index in [4.69, 9.17) is 5.10 Å². The third-order valence-corrected chi connectivity index (χ3v) is 7.35. The van der Waals surface area contributed by atoms with Crippen LogP contribution in [0.3, 0.4) is 0 Å². The predicted octanol–water partition coefficient (Wildman–Crippen LogP) is 7.89. The van der Waals surface area contributed by atoms with Crippen LogP contribution in [0.2, 0.25) is 0 Å². The number of amides is 1. The minimum atomic E-state index is -0.648. The van der Waals surface area contributed by atoms with Crippen LogP contribution in [0.5, 0.6) is 0 Å². The summed E-state index contributed by atoms with van der Waals surface area (Å²) in [5.41, 5.74) is 5.59. The topological polar surface area (TPSA) is 46.9 Å². The number of alkyl halides is 1. The Balaban J connectivity index is 1.53. The van der Waals surface area contributed by atoms with Crippen molar-refractivity contribution < 1.29 is 4.79 Å². The molecule has 1 N–H and O–H groups in total. The monoisotopic (exact) mass is 563 g/mol. The lowest BCUT2D eigenvalue weighted by Gasteiger charge is -2.36. The SMILES string of the molecule is O=C(CCCCBr)Nc1ccc(-c2cnn(C(c3ccccc3)(c3ccccc3)c3ccccc3)c2)cc1. The zero-order chi connectivity index (χ0) is 26.2. The van der Waals surface area contributed by atoms with Gasteiger partial charge in [0.2, 0.25) is 5.91 Å². The summed E-state index contributed by atoms with van der Waals surface area (Å²) in [4.78, 5) is 12.2. The Hall–Kier alpha value is -3.96. The molecule has 0 unspecified atom stereocenters. The maximum atomic E-state index is 12.2.